The number of hydrogen-bond donors (Lipinski definition) is 0. The van der Waals surface area contributed by atoms with Gasteiger partial charge in [-0.1, -0.05) is 54.6 Å². The zero-order valence-electron chi connectivity index (χ0n) is 23.7. The van der Waals surface area contributed by atoms with Gasteiger partial charge in [-0.2, -0.15) is 0 Å². The van der Waals surface area contributed by atoms with Crippen molar-refractivity contribution in [2.24, 2.45) is 0 Å². The molecule has 0 bridgehead atoms. The number of rotatable bonds is 11. The molecular weight excluding hydrogens is 466 g/mol. The van der Waals surface area contributed by atoms with Crippen LogP contribution in [0.15, 0.2) is 78.9 Å². The standard InChI is InChI=1S/C33H41N5/c1-7-37(8-2)29-19-15-27(16-20-29)32-33(28-17-21-30(22-18-28)38(24(3)4)25(5)6)36-35-31(34-32)23-14-26-12-10-9-11-13-26/h9-13,15-22,24-25H,7-8,14,23H2,1-6H3. The third kappa shape index (κ3) is 6.39. The van der Waals surface area contributed by atoms with Crippen molar-refractivity contribution in [2.45, 2.75) is 66.5 Å². The van der Waals surface area contributed by atoms with Gasteiger partial charge in [-0.3, -0.25) is 0 Å². The second kappa shape index (κ2) is 12.7. The molecule has 0 N–H and O–H groups in total. The van der Waals surface area contributed by atoms with E-state index in [0.717, 1.165) is 54.3 Å². The first-order valence-electron chi connectivity index (χ1n) is 13.9. The van der Waals surface area contributed by atoms with Crippen LogP contribution in [0.3, 0.4) is 0 Å². The van der Waals surface area contributed by atoms with Gasteiger partial charge < -0.3 is 9.80 Å². The minimum atomic E-state index is 0.422. The first-order chi connectivity index (χ1) is 18.4. The van der Waals surface area contributed by atoms with Crippen LogP contribution in [-0.4, -0.2) is 40.4 Å². The number of benzene rings is 3. The molecule has 0 aliphatic heterocycles. The van der Waals surface area contributed by atoms with Crippen LogP contribution in [0.1, 0.15) is 52.9 Å². The van der Waals surface area contributed by atoms with E-state index in [1.807, 2.05) is 6.07 Å². The van der Waals surface area contributed by atoms with E-state index >= 15 is 0 Å². The SMILES string of the molecule is CCN(CC)c1ccc(-c2nc(CCc3ccccc3)nnc2-c2ccc(N(C(C)C)C(C)C)cc2)cc1. The lowest BCUT2D eigenvalue weighted by atomic mass is 10.0. The predicted octanol–water partition coefficient (Wildman–Crippen LogP) is 7.46. The van der Waals surface area contributed by atoms with Gasteiger partial charge in [0.15, 0.2) is 5.82 Å². The maximum absolute atomic E-state index is 5.07. The number of aromatic nitrogens is 3. The van der Waals surface area contributed by atoms with Gasteiger partial charge in [0.05, 0.1) is 0 Å². The molecule has 0 fully saturated rings. The summed E-state index contributed by atoms with van der Waals surface area (Å²) in [6.45, 7) is 15.3. The summed E-state index contributed by atoms with van der Waals surface area (Å²) in [6, 6.07) is 28.7. The molecule has 0 radical (unpaired) electrons. The minimum Gasteiger partial charge on any atom is -0.372 e. The van der Waals surface area contributed by atoms with Crippen LogP contribution in [-0.2, 0) is 12.8 Å². The number of anilines is 2. The molecule has 0 aliphatic rings. The number of aryl methyl sites for hydroxylation is 2. The molecule has 38 heavy (non-hydrogen) atoms. The van der Waals surface area contributed by atoms with Gasteiger partial charge >= 0.3 is 0 Å². The van der Waals surface area contributed by atoms with Crippen molar-refractivity contribution in [3.05, 3.63) is 90.3 Å². The molecule has 0 saturated carbocycles. The van der Waals surface area contributed by atoms with Crippen LogP contribution in [0.25, 0.3) is 22.5 Å². The van der Waals surface area contributed by atoms with Crippen LogP contribution in [0.5, 0.6) is 0 Å². The average molecular weight is 508 g/mol. The lowest BCUT2D eigenvalue weighted by Crippen LogP contribution is -2.36. The molecule has 0 atom stereocenters. The molecular formula is C33H41N5. The van der Waals surface area contributed by atoms with Gasteiger partial charge in [0.1, 0.15) is 11.4 Å². The van der Waals surface area contributed by atoms with Crippen LogP contribution < -0.4 is 9.80 Å². The van der Waals surface area contributed by atoms with Gasteiger partial charge in [-0.25, -0.2) is 4.98 Å². The molecule has 0 unspecified atom stereocenters. The Bertz CT molecular complexity index is 1270. The normalized spacial score (nSPS) is 11.3. The molecule has 5 nitrogen and oxygen atoms in total. The summed E-state index contributed by atoms with van der Waals surface area (Å²) >= 11 is 0. The molecule has 4 aromatic rings. The van der Waals surface area contributed by atoms with Crippen molar-refractivity contribution in [3.8, 4) is 22.5 Å². The van der Waals surface area contributed by atoms with Gasteiger partial charge in [0, 0.05) is 54.1 Å². The lowest BCUT2D eigenvalue weighted by molar-refractivity contribution is 0.608. The van der Waals surface area contributed by atoms with Crippen molar-refractivity contribution >= 4 is 11.4 Å². The Balaban J connectivity index is 1.70. The predicted molar refractivity (Wildman–Crippen MR) is 161 cm³/mol. The second-order valence-corrected chi connectivity index (χ2v) is 10.3. The fourth-order valence-electron chi connectivity index (χ4n) is 5.16. The van der Waals surface area contributed by atoms with Crippen molar-refractivity contribution in [1.82, 2.24) is 15.2 Å². The highest BCUT2D eigenvalue weighted by Gasteiger charge is 2.17. The zero-order chi connectivity index (χ0) is 27.1. The van der Waals surface area contributed by atoms with Crippen LogP contribution >= 0.6 is 0 Å². The monoisotopic (exact) mass is 507 g/mol. The van der Waals surface area contributed by atoms with Crippen molar-refractivity contribution in [1.29, 1.82) is 0 Å². The molecule has 0 amide bonds. The summed E-state index contributed by atoms with van der Waals surface area (Å²) in [6.07, 6.45) is 1.63. The Morgan fingerprint density at radius 3 is 1.71 bits per heavy atom. The fraction of sp³-hybridized carbons (Fsp3) is 0.364. The largest absolute Gasteiger partial charge is 0.372 e. The first-order valence-corrected chi connectivity index (χ1v) is 13.9. The Morgan fingerprint density at radius 1 is 0.605 bits per heavy atom. The molecule has 0 aliphatic carbocycles. The molecule has 5 heteroatoms. The van der Waals surface area contributed by atoms with E-state index in [2.05, 4.69) is 129 Å². The molecule has 0 saturated heterocycles. The third-order valence-electron chi connectivity index (χ3n) is 7.03. The highest BCUT2D eigenvalue weighted by atomic mass is 15.2. The molecule has 1 aromatic heterocycles. The Morgan fingerprint density at radius 2 is 1.16 bits per heavy atom. The summed E-state index contributed by atoms with van der Waals surface area (Å²) in [5.41, 5.74) is 7.49. The third-order valence-corrected chi connectivity index (χ3v) is 7.03. The fourth-order valence-corrected chi connectivity index (χ4v) is 5.16. The number of nitrogens with zero attached hydrogens (tertiary/aromatic N) is 5. The van der Waals surface area contributed by atoms with Gasteiger partial charge in [-0.05, 0) is 77.8 Å². The molecule has 198 valence electrons. The average Bonchev–Trinajstić information content (AvgIpc) is 2.93. The smallest absolute Gasteiger partial charge is 0.152 e. The van der Waals surface area contributed by atoms with Crippen molar-refractivity contribution < 1.29 is 0 Å². The van der Waals surface area contributed by atoms with Crippen LogP contribution in [0.4, 0.5) is 11.4 Å². The topological polar surface area (TPSA) is 45.2 Å². The zero-order valence-corrected chi connectivity index (χ0v) is 23.7. The van der Waals surface area contributed by atoms with E-state index < -0.39 is 0 Å². The summed E-state index contributed by atoms with van der Waals surface area (Å²) in [5.74, 6) is 0.767. The van der Waals surface area contributed by atoms with Gasteiger partial charge in [0.2, 0.25) is 0 Å². The van der Waals surface area contributed by atoms with Crippen molar-refractivity contribution in [2.75, 3.05) is 22.9 Å². The Hall–Kier alpha value is -3.73. The Labute approximate surface area is 228 Å². The van der Waals surface area contributed by atoms with E-state index in [0.29, 0.717) is 12.1 Å². The second-order valence-electron chi connectivity index (χ2n) is 10.3. The minimum absolute atomic E-state index is 0.422. The Kier molecular flexibility index (Phi) is 9.11. The van der Waals surface area contributed by atoms with E-state index in [1.54, 1.807) is 0 Å². The maximum Gasteiger partial charge on any atom is 0.152 e. The molecule has 4 rings (SSSR count). The van der Waals surface area contributed by atoms with Crippen LogP contribution in [0, 0.1) is 0 Å². The lowest BCUT2D eigenvalue weighted by Gasteiger charge is -2.33. The summed E-state index contributed by atoms with van der Waals surface area (Å²) in [4.78, 5) is 9.84. The molecule has 3 aromatic carbocycles. The van der Waals surface area contributed by atoms with Crippen LogP contribution in [0.2, 0.25) is 0 Å². The molecule has 0 spiro atoms. The van der Waals surface area contributed by atoms with E-state index in [4.69, 9.17) is 10.1 Å². The number of hydrogen-bond acceptors (Lipinski definition) is 5. The summed E-state index contributed by atoms with van der Waals surface area (Å²) < 4.78 is 0. The highest BCUT2D eigenvalue weighted by Crippen LogP contribution is 2.32. The molecule has 1 heterocycles. The van der Waals surface area contributed by atoms with E-state index in [1.165, 1.54) is 16.9 Å². The first kappa shape index (κ1) is 27.3. The highest BCUT2D eigenvalue weighted by molar-refractivity contribution is 5.79. The summed E-state index contributed by atoms with van der Waals surface area (Å²) in [5, 5.41) is 9.30. The summed E-state index contributed by atoms with van der Waals surface area (Å²) in [7, 11) is 0. The van der Waals surface area contributed by atoms with Gasteiger partial charge in [0.25, 0.3) is 0 Å². The van der Waals surface area contributed by atoms with Gasteiger partial charge in [-0.15, -0.1) is 10.2 Å². The maximum atomic E-state index is 5.07. The quantitative estimate of drug-likeness (QED) is 0.211. The van der Waals surface area contributed by atoms with Crippen molar-refractivity contribution in [3.63, 3.8) is 0 Å². The van der Waals surface area contributed by atoms with E-state index in [9.17, 15) is 0 Å². The van der Waals surface area contributed by atoms with E-state index in [-0.39, 0.29) is 0 Å².